The topological polar surface area (TPSA) is 70.7 Å². The van der Waals surface area contributed by atoms with Gasteiger partial charge in [-0.2, -0.15) is 0 Å². The van der Waals surface area contributed by atoms with Crippen molar-refractivity contribution in [2.75, 3.05) is 26.1 Å². The molecule has 2 amide bonds. The molecular weight excluding hydrogens is 270 g/mol. The molecule has 2 rings (SSSR count). The molecule has 1 heterocycles. The fourth-order valence-electron chi connectivity index (χ4n) is 2.29. The first-order chi connectivity index (χ1) is 9.93. The lowest BCUT2D eigenvalue weighted by Crippen LogP contribution is -2.45. The Morgan fingerprint density at radius 1 is 1.24 bits per heavy atom. The largest absolute Gasteiger partial charge is 0.466 e. The molecule has 1 aliphatic heterocycles. The van der Waals surface area contributed by atoms with E-state index in [1.165, 1.54) is 7.11 Å². The number of allylic oxidation sites excluding steroid dienone is 1. The number of hydrogen-bond acceptors (Lipinski definition) is 4. The van der Waals surface area contributed by atoms with Crippen LogP contribution in [0.25, 0.3) is 0 Å². The fraction of sp³-hybridized carbons (Fsp3) is 0.333. The Morgan fingerprint density at radius 2 is 1.86 bits per heavy atom. The summed E-state index contributed by atoms with van der Waals surface area (Å²) in [5.41, 5.74) is 2.79. The van der Waals surface area contributed by atoms with E-state index in [4.69, 9.17) is 4.74 Å². The molecule has 0 radical (unpaired) electrons. The highest BCUT2D eigenvalue weighted by atomic mass is 16.5. The van der Waals surface area contributed by atoms with Crippen LogP contribution in [-0.4, -0.2) is 33.2 Å². The lowest BCUT2D eigenvalue weighted by Gasteiger charge is -2.28. The van der Waals surface area contributed by atoms with E-state index in [-0.39, 0.29) is 6.03 Å². The molecule has 0 spiro atoms. The summed E-state index contributed by atoms with van der Waals surface area (Å²) < 4.78 is 4.81. The number of ether oxygens (including phenoxy) is 1. The zero-order valence-corrected chi connectivity index (χ0v) is 12.6. The number of carbonyl (C=O) groups excluding carboxylic acids is 2. The standard InChI is InChI=1S/C15H19N3O3/c1-9-12(14(19)21-4)13(17-15(20)16-9)10-5-7-11(8-6-10)18(2)3/h5-8,13H,1-4H3,(H2,16,17,20). The third-order valence-corrected chi connectivity index (χ3v) is 3.42. The fourth-order valence-corrected chi connectivity index (χ4v) is 2.29. The van der Waals surface area contributed by atoms with E-state index in [1.807, 2.05) is 43.3 Å². The van der Waals surface area contributed by atoms with Gasteiger partial charge in [-0.25, -0.2) is 9.59 Å². The number of amides is 2. The quantitative estimate of drug-likeness (QED) is 0.828. The molecule has 21 heavy (non-hydrogen) atoms. The van der Waals surface area contributed by atoms with E-state index in [2.05, 4.69) is 10.6 Å². The molecule has 6 nitrogen and oxygen atoms in total. The lowest BCUT2D eigenvalue weighted by atomic mass is 9.95. The zero-order valence-electron chi connectivity index (χ0n) is 12.6. The molecule has 0 fully saturated rings. The summed E-state index contributed by atoms with van der Waals surface area (Å²) in [4.78, 5) is 25.6. The minimum atomic E-state index is -0.512. The Bertz CT molecular complexity index is 591. The van der Waals surface area contributed by atoms with E-state index >= 15 is 0 Å². The van der Waals surface area contributed by atoms with E-state index < -0.39 is 12.0 Å². The van der Waals surface area contributed by atoms with Crippen LogP contribution in [0.5, 0.6) is 0 Å². The van der Waals surface area contributed by atoms with Crippen molar-refractivity contribution in [1.29, 1.82) is 0 Å². The van der Waals surface area contributed by atoms with Crippen LogP contribution >= 0.6 is 0 Å². The van der Waals surface area contributed by atoms with Crippen LogP contribution in [0.1, 0.15) is 18.5 Å². The Kier molecular flexibility index (Phi) is 4.16. The summed E-state index contributed by atoms with van der Waals surface area (Å²) in [5, 5.41) is 5.35. The molecule has 112 valence electrons. The molecular formula is C15H19N3O3. The maximum atomic E-state index is 12.0. The average Bonchev–Trinajstić information content (AvgIpc) is 2.45. The van der Waals surface area contributed by atoms with Gasteiger partial charge in [-0.1, -0.05) is 12.1 Å². The predicted molar refractivity (Wildman–Crippen MR) is 79.9 cm³/mol. The number of rotatable bonds is 3. The maximum Gasteiger partial charge on any atom is 0.337 e. The number of carbonyl (C=O) groups is 2. The van der Waals surface area contributed by atoms with Crippen molar-refractivity contribution in [3.8, 4) is 0 Å². The molecule has 0 aliphatic carbocycles. The van der Waals surface area contributed by atoms with Crippen LogP contribution in [0.3, 0.4) is 0 Å². The van der Waals surface area contributed by atoms with Crippen LogP contribution in [0, 0.1) is 0 Å². The summed E-state index contributed by atoms with van der Waals surface area (Å²) in [5.74, 6) is -0.457. The first kappa shape index (κ1) is 14.9. The van der Waals surface area contributed by atoms with Crippen LogP contribution in [-0.2, 0) is 9.53 Å². The number of urea groups is 1. The molecule has 6 heteroatoms. The van der Waals surface area contributed by atoms with Crippen LogP contribution in [0.2, 0.25) is 0 Å². The van der Waals surface area contributed by atoms with E-state index in [1.54, 1.807) is 6.92 Å². The number of anilines is 1. The predicted octanol–water partition coefficient (Wildman–Crippen LogP) is 1.55. The van der Waals surface area contributed by atoms with Gasteiger partial charge in [0, 0.05) is 25.5 Å². The monoisotopic (exact) mass is 289 g/mol. The highest BCUT2D eigenvalue weighted by Crippen LogP contribution is 2.28. The van der Waals surface area contributed by atoms with Gasteiger partial charge in [-0.3, -0.25) is 0 Å². The molecule has 0 aromatic heterocycles. The summed E-state index contributed by atoms with van der Waals surface area (Å²) in [7, 11) is 5.22. The second-order valence-corrected chi connectivity index (χ2v) is 5.05. The third-order valence-electron chi connectivity index (χ3n) is 3.42. The highest BCUT2D eigenvalue weighted by Gasteiger charge is 2.31. The molecule has 0 saturated carbocycles. The first-order valence-corrected chi connectivity index (χ1v) is 6.58. The van der Waals surface area contributed by atoms with Crippen LogP contribution in [0.4, 0.5) is 10.5 Å². The number of methoxy groups -OCH3 is 1. The normalized spacial score (nSPS) is 17.9. The number of esters is 1. The Balaban J connectivity index is 2.41. The van der Waals surface area contributed by atoms with E-state index in [9.17, 15) is 9.59 Å². The molecule has 0 saturated heterocycles. The van der Waals surface area contributed by atoms with Gasteiger partial charge < -0.3 is 20.3 Å². The molecule has 0 bridgehead atoms. The van der Waals surface area contributed by atoms with Crippen molar-refractivity contribution >= 4 is 17.7 Å². The van der Waals surface area contributed by atoms with Crippen LogP contribution in [0.15, 0.2) is 35.5 Å². The molecule has 1 unspecified atom stereocenters. The first-order valence-electron chi connectivity index (χ1n) is 6.58. The van der Waals surface area contributed by atoms with Gasteiger partial charge in [0.25, 0.3) is 0 Å². The molecule has 1 atom stereocenters. The van der Waals surface area contributed by atoms with Crippen molar-refractivity contribution in [3.05, 3.63) is 41.1 Å². The Morgan fingerprint density at radius 3 is 2.38 bits per heavy atom. The summed E-state index contributed by atoms with van der Waals surface area (Å²) >= 11 is 0. The van der Waals surface area contributed by atoms with Crippen molar-refractivity contribution in [1.82, 2.24) is 10.6 Å². The van der Waals surface area contributed by atoms with Gasteiger partial charge >= 0.3 is 12.0 Å². The van der Waals surface area contributed by atoms with Gasteiger partial charge in [0.15, 0.2) is 0 Å². The number of hydrogen-bond donors (Lipinski definition) is 2. The lowest BCUT2D eigenvalue weighted by molar-refractivity contribution is -0.136. The second-order valence-electron chi connectivity index (χ2n) is 5.05. The average molecular weight is 289 g/mol. The molecule has 1 aromatic rings. The summed E-state index contributed by atoms with van der Waals surface area (Å²) in [6.45, 7) is 1.69. The second kappa shape index (κ2) is 5.87. The van der Waals surface area contributed by atoms with Crippen molar-refractivity contribution < 1.29 is 14.3 Å². The van der Waals surface area contributed by atoms with Gasteiger partial charge in [0.1, 0.15) is 0 Å². The van der Waals surface area contributed by atoms with Gasteiger partial charge in [0.05, 0.1) is 18.7 Å². The van der Waals surface area contributed by atoms with Gasteiger partial charge in [-0.05, 0) is 24.6 Å². The van der Waals surface area contributed by atoms with Gasteiger partial charge in [0.2, 0.25) is 0 Å². The highest BCUT2D eigenvalue weighted by molar-refractivity contribution is 5.94. The Labute approximate surface area is 123 Å². The molecule has 2 N–H and O–H groups in total. The maximum absolute atomic E-state index is 12.0. The van der Waals surface area contributed by atoms with E-state index in [0.29, 0.717) is 11.3 Å². The van der Waals surface area contributed by atoms with Crippen molar-refractivity contribution in [3.63, 3.8) is 0 Å². The third kappa shape index (κ3) is 2.99. The van der Waals surface area contributed by atoms with E-state index in [0.717, 1.165) is 11.3 Å². The summed E-state index contributed by atoms with van der Waals surface area (Å²) in [6, 6.07) is 6.81. The molecule has 1 aromatic carbocycles. The summed E-state index contributed by atoms with van der Waals surface area (Å²) in [6.07, 6.45) is 0. The SMILES string of the molecule is COC(=O)C1=C(C)NC(=O)NC1c1ccc(N(C)C)cc1. The number of nitrogens with one attached hydrogen (secondary N) is 2. The number of benzene rings is 1. The smallest absolute Gasteiger partial charge is 0.337 e. The zero-order chi connectivity index (χ0) is 15.6. The van der Waals surface area contributed by atoms with Crippen LogP contribution < -0.4 is 15.5 Å². The van der Waals surface area contributed by atoms with Gasteiger partial charge in [-0.15, -0.1) is 0 Å². The Hall–Kier alpha value is -2.50. The number of nitrogens with zero attached hydrogens (tertiary/aromatic N) is 1. The minimum absolute atomic E-state index is 0.332. The minimum Gasteiger partial charge on any atom is -0.466 e. The van der Waals surface area contributed by atoms with Crippen molar-refractivity contribution in [2.45, 2.75) is 13.0 Å². The molecule has 1 aliphatic rings. The van der Waals surface area contributed by atoms with Crippen molar-refractivity contribution in [2.24, 2.45) is 0 Å².